The van der Waals surface area contributed by atoms with Gasteiger partial charge in [-0.1, -0.05) is 12.1 Å². The highest BCUT2D eigenvalue weighted by Gasteiger charge is 2.07. The molecule has 3 nitrogen and oxygen atoms in total. The quantitative estimate of drug-likeness (QED) is 0.716. The number of nitrogens with zero attached hydrogens (tertiary/aromatic N) is 1. The molecule has 0 atom stereocenters. The van der Waals surface area contributed by atoms with Crippen LogP contribution in [0.5, 0.6) is 0 Å². The highest BCUT2D eigenvalue weighted by Crippen LogP contribution is 2.27. The van der Waals surface area contributed by atoms with Crippen molar-refractivity contribution in [1.82, 2.24) is 4.98 Å². The Kier molecular flexibility index (Phi) is 3.59. The first kappa shape index (κ1) is 14.2. The molecule has 0 fully saturated rings. The number of Topliss-reactive ketones (excluding diaryl/α,β-unsaturated/α-hetero) is 1. The van der Waals surface area contributed by atoms with Crippen molar-refractivity contribution in [3.05, 3.63) is 65.6 Å². The predicted molar refractivity (Wildman–Crippen MR) is 86.2 cm³/mol. The van der Waals surface area contributed by atoms with Crippen LogP contribution in [0.1, 0.15) is 23.0 Å². The van der Waals surface area contributed by atoms with E-state index in [9.17, 15) is 9.18 Å². The fourth-order valence-corrected chi connectivity index (χ4v) is 2.41. The minimum Gasteiger partial charge on any atom is -0.355 e. The molecule has 0 saturated heterocycles. The summed E-state index contributed by atoms with van der Waals surface area (Å²) in [6.45, 7) is 3.42. The van der Waals surface area contributed by atoms with Gasteiger partial charge in [-0.2, -0.15) is 0 Å². The molecule has 0 radical (unpaired) electrons. The van der Waals surface area contributed by atoms with Gasteiger partial charge >= 0.3 is 0 Å². The van der Waals surface area contributed by atoms with Crippen LogP contribution in [0.3, 0.4) is 0 Å². The number of nitrogens with one attached hydrogen (secondary N) is 1. The minimum absolute atomic E-state index is 0.00506. The Balaban J connectivity index is 2.08. The van der Waals surface area contributed by atoms with Crippen molar-refractivity contribution < 1.29 is 9.18 Å². The summed E-state index contributed by atoms with van der Waals surface area (Å²) in [6.07, 6.45) is 0. The van der Waals surface area contributed by atoms with E-state index in [4.69, 9.17) is 0 Å². The van der Waals surface area contributed by atoms with Gasteiger partial charge in [0.2, 0.25) is 0 Å². The summed E-state index contributed by atoms with van der Waals surface area (Å²) in [5.74, 6) is -0.302. The molecule has 0 amide bonds. The normalized spacial score (nSPS) is 10.7. The number of hydrogen-bond donors (Lipinski definition) is 1. The molecule has 1 heterocycles. The molecule has 22 heavy (non-hydrogen) atoms. The number of hydrogen-bond acceptors (Lipinski definition) is 3. The second-order valence-electron chi connectivity index (χ2n) is 5.23. The SMILES string of the molecule is CC(=O)c1cccc(Nc2cc(C)nc3ccc(F)cc23)c1. The Morgan fingerprint density at radius 1 is 1.14 bits per heavy atom. The average molecular weight is 294 g/mol. The van der Waals surface area contributed by atoms with E-state index in [2.05, 4.69) is 10.3 Å². The maximum atomic E-state index is 13.5. The lowest BCUT2D eigenvalue weighted by Gasteiger charge is -2.11. The Morgan fingerprint density at radius 3 is 2.73 bits per heavy atom. The minimum atomic E-state index is -0.307. The number of aromatic nitrogens is 1. The van der Waals surface area contributed by atoms with Gasteiger partial charge < -0.3 is 5.32 Å². The third-order valence-electron chi connectivity index (χ3n) is 3.45. The van der Waals surface area contributed by atoms with Crippen LogP contribution in [0.4, 0.5) is 15.8 Å². The number of carbonyl (C=O) groups excluding carboxylic acids is 1. The number of anilines is 2. The number of rotatable bonds is 3. The second-order valence-corrected chi connectivity index (χ2v) is 5.23. The van der Waals surface area contributed by atoms with Crippen molar-refractivity contribution in [1.29, 1.82) is 0 Å². The van der Waals surface area contributed by atoms with Gasteiger partial charge in [-0.05, 0) is 50.2 Å². The zero-order valence-electron chi connectivity index (χ0n) is 12.4. The fourth-order valence-electron chi connectivity index (χ4n) is 2.41. The maximum absolute atomic E-state index is 13.5. The number of fused-ring (bicyclic) bond motifs is 1. The number of carbonyl (C=O) groups is 1. The van der Waals surface area contributed by atoms with Crippen molar-refractivity contribution in [2.75, 3.05) is 5.32 Å². The van der Waals surface area contributed by atoms with E-state index in [0.29, 0.717) is 10.9 Å². The van der Waals surface area contributed by atoms with Crippen LogP contribution < -0.4 is 5.32 Å². The predicted octanol–water partition coefficient (Wildman–Crippen LogP) is 4.63. The van der Waals surface area contributed by atoms with Crippen LogP contribution in [0.25, 0.3) is 10.9 Å². The molecular weight excluding hydrogens is 279 g/mol. The summed E-state index contributed by atoms with van der Waals surface area (Å²) in [7, 11) is 0. The molecule has 0 spiro atoms. The zero-order chi connectivity index (χ0) is 15.7. The van der Waals surface area contributed by atoms with Crippen LogP contribution in [0, 0.1) is 12.7 Å². The Hall–Kier alpha value is -2.75. The first-order valence-electron chi connectivity index (χ1n) is 6.98. The third-order valence-corrected chi connectivity index (χ3v) is 3.45. The Bertz CT molecular complexity index is 874. The molecule has 0 aliphatic carbocycles. The van der Waals surface area contributed by atoms with E-state index >= 15 is 0 Å². The zero-order valence-corrected chi connectivity index (χ0v) is 12.4. The van der Waals surface area contributed by atoms with Crippen molar-refractivity contribution in [3.63, 3.8) is 0 Å². The number of benzene rings is 2. The molecule has 0 aliphatic heterocycles. The van der Waals surface area contributed by atoms with E-state index in [1.165, 1.54) is 19.1 Å². The molecule has 0 bridgehead atoms. The summed E-state index contributed by atoms with van der Waals surface area (Å²) in [4.78, 5) is 15.9. The lowest BCUT2D eigenvalue weighted by atomic mass is 10.1. The molecule has 0 unspecified atom stereocenters. The first-order chi connectivity index (χ1) is 10.5. The maximum Gasteiger partial charge on any atom is 0.159 e. The summed E-state index contributed by atoms with van der Waals surface area (Å²) in [5, 5.41) is 3.96. The van der Waals surface area contributed by atoms with Crippen LogP contribution in [0.15, 0.2) is 48.5 Å². The first-order valence-corrected chi connectivity index (χ1v) is 6.98. The molecule has 3 rings (SSSR count). The third kappa shape index (κ3) is 2.81. The van der Waals surface area contributed by atoms with Gasteiger partial charge in [-0.3, -0.25) is 9.78 Å². The van der Waals surface area contributed by atoms with Gasteiger partial charge in [-0.25, -0.2) is 4.39 Å². The van der Waals surface area contributed by atoms with Gasteiger partial charge in [0.05, 0.1) is 5.52 Å². The molecule has 110 valence electrons. The second kappa shape index (κ2) is 5.56. The van der Waals surface area contributed by atoms with Gasteiger partial charge in [0.1, 0.15) is 5.82 Å². The van der Waals surface area contributed by atoms with E-state index in [1.807, 2.05) is 25.1 Å². The summed E-state index contributed by atoms with van der Waals surface area (Å²) in [6, 6.07) is 13.6. The van der Waals surface area contributed by atoms with E-state index in [-0.39, 0.29) is 11.6 Å². The van der Waals surface area contributed by atoms with Crippen LogP contribution in [0.2, 0.25) is 0 Å². The molecule has 4 heteroatoms. The smallest absolute Gasteiger partial charge is 0.159 e. The van der Waals surface area contributed by atoms with E-state index < -0.39 is 0 Å². The number of aryl methyl sites for hydroxylation is 1. The lowest BCUT2D eigenvalue weighted by Crippen LogP contribution is -1.97. The summed E-state index contributed by atoms with van der Waals surface area (Å²) in [5.41, 5.74) is 3.74. The lowest BCUT2D eigenvalue weighted by molar-refractivity contribution is 0.101. The topological polar surface area (TPSA) is 42.0 Å². The van der Waals surface area contributed by atoms with Crippen molar-refractivity contribution in [3.8, 4) is 0 Å². The molecular formula is C18H15FN2O. The molecule has 0 aliphatic rings. The van der Waals surface area contributed by atoms with Crippen molar-refractivity contribution >= 4 is 28.1 Å². The Labute approximate surface area is 127 Å². The molecule has 3 aromatic rings. The van der Waals surface area contributed by atoms with Crippen molar-refractivity contribution in [2.45, 2.75) is 13.8 Å². The largest absolute Gasteiger partial charge is 0.355 e. The summed E-state index contributed by atoms with van der Waals surface area (Å²) >= 11 is 0. The number of halogens is 1. The molecule has 1 N–H and O–H groups in total. The molecule has 1 aromatic heterocycles. The standard InChI is InChI=1S/C18H15FN2O/c1-11-8-18(16-10-14(19)6-7-17(16)20-11)21-15-5-3-4-13(9-15)12(2)22/h3-10H,1-2H3,(H,20,21). The van der Waals surface area contributed by atoms with Crippen LogP contribution in [-0.2, 0) is 0 Å². The molecule has 0 saturated carbocycles. The van der Waals surface area contributed by atoms with Crippen LogP contribution in [-0.4, -0.2) is 10.8 Å². The monoisotopic (exact) mass is 294 g/mol. The van der Waals surface area contributed by atoms with Gasteiger partial charge in [0.15, 0.2) is 5.78 Å². The number of pyridine rings is 1. The number of ketones is 1. The van der Waals surface area contributed by atoms with Gasteiger partial charge in [-0.15, -0.1) is 0 Å². The summed E-state index contributed by atoms with van der Waals surface area (Å²) < 4.78 is 13.5. The fraction of sp³-hybridized carbons (Fsp3) is 0.111. The van der Waals surface area contributed by atoms with Crippen molar-refractivity contribution in [2.24, 2.45) is 0 Å². The van der Waals surface area contributed by atoms with Crippen LogP contribution >= 0.6 is 0 Å². The highest BCUT2D eigenvalue weighted by atomic mass is 19.1. The van der Waals surface area contributed by atoms with Gasteiger partial charge in [0, 0.05) is 28.0 Å². The van der Waals surface area contributed by atoms with Gasteiger partial charge in [0.25, 0.3) is 0 Å². The highest BCUT2D eigenvalue weighted by molar-refractivity contribution is 5.96. The Morgan fingerprint density at radius 2 is 1.95 bits per heavy atom. The van der Waals surface area contributed by atoms with E-state index in [1.54, 1.807) is 18.2 Å². The average Bonchev–Trinajstić information content (AvgIpc) is 2.48. The molecule has 2 aromatic carbocycles. The van der Waals surface area contributed by atoms with E-state index in [0.717, 1.165) is 22.6 Å².